The number of rotatable bonds is 2. The molecule has 0 unspecified atom stereocenters. The molecule has 0 spiro atoms. The third-order valence-electron chi connectivity index (χ3n) is 2.42. The molecule has 0 aliphatic rings. The summed E-state index contributed by atoms with van der Waals surface area (Å²) in [5.41, 5.74) is 2.43. The van der Waals surface area contributed by atoms with Gasteiger partial charge in [0.25, 0.3) is 0 Å². The second kappa shape index (κ2) is 3.46. The third kappa shape index (κ3) is 1.63. The molecule has 4 heteroatoms. The van der Waals surface area contributed by atoms with Gasteiger partial charge in [0.05, 0.1) is 5.52 Å². The first-order valence-electron chi connectivity index (χ1n) is 4.93. The number of hydrogen-bond acceptors (Lipinski definition) is 3. The van der Waals surface area contributed by atoms with E-state index in [-0.39, 0.29) is 11.7 Å². The lowest BCUT2D eigenvalue weighted by atomic mass is 10.0. The van der Waals surface area contributed by atoms with Crippen molar-refractivity contribution < 1.29 is 4.79 Å². The number of aromatic nitrogens is 3. The number of Topliss-reactive ketones (excluding diaryl/α,β-unsaturated/α-hetero) is 1. The minimum Gasteiger partial charge on any atom is -0.294 e. The molecule has 0 saturated heterocycles. The Kier molecular flexibility index (Phi) is 2.26. The fraction of sp³-hybridized carbons (Fsp3) is 0.364. The van der Waals surface area contributed by atoms with Crippen LogP contribution in [0.3, 0.4) is 0 Å². The van der Waals surface area contributed by atoms with Crippen molar-refractivity contribution in [2.75, 3.05) is 0 Å². The number of aryl methyl sites for hydroxylation is 1. The van der Waals surface area contributed by atoms with Gasteiger partial charge >= 0.3 is 0 Å². The van der Waals surface area contributed by atoms with Gasteiger partial charge in [0.1, 0.15) is 5.52 Å². The Morgan fingerprint density at radius 3 is 2.80 bits per heavy atom. The second-order valence-electron chi connectivity index (χ2n) is 3.94. The molecule has 0 bridgehead atoms. The van der Waals surface area contributed by atoms with Crippen LogP contribution in [-0.2, 0) is 7.05 Å². The van der Waals surface area contributed by atoms with Crippen molar-refractivity contribution in [3.05, 3.63) is 23.8 Å². The molecule has 0 saturated carbocycles. The molecule has 2 rings (SSSR count). The van der Waals surface area contributed by atoms with Gasteiger partial charge in [0.2, 0.25) is 0 Å². The maximum Gasteiger partial charge on any atom is 0.165 e. The monoisotopic (exact) mass is 203 g/mol. The SMILES string of the molecule is CC(C)C(=O)c1ccc2nnn(C)c2c1. The fourth-order valence-electron chi connectivity index (χ4n) is 1.52. The largest absolute Gasteiger partial charge is 0.294 e. The molecule has 1 aromatic heterocycles. The molecule has 2 aromatic rings. The summed E-state index contributed by atoms with van der Waals surface area (Å²) < 4.78 is 1.67. The summed E-state index contributed by atoms with van der Waals surface area (Å²) in [6, 6.07) is 5.48. The van der Waals surface area contributed by atoms with Crippen molar-refractivity contribution in [3.63, 3.8) is 0 Å². The Morgan fingerprint density at radius 2 is 2.13 bits per heavy atom. The first-order valence-corrected chi connectivity index (χ1v) is 4.93. The molecule has 0 N–H and O–H groups in total. The van der Waals surface area contributed by atoms with Crippen LogP contribution in [0.15, 0.2) is 18.2 Å². The van der Waals surface area contributed by atoms with E-state index in [0.717, 1.165) is 16.6 Å². The highest BCUT2D eigenvalue weighted by atomic mass is 16.1. The Bertz CT molecular complexity index is 514. The standard InChI is InChI=1S/C11H13N3O/c1-7(2)11(15)8-4-5-9-10(6-8)14(3)13-12-9/h4-7H,1-3H3. The average Bonchev–Trinajstić information content (AvgIpc) is 2.59. The van der Waals surface area contributed by atoms with Crippen LogP contribution in [-0.4, -0.2) is 20.8 Å². The number of carbonyl (C=O) groups is 1. The molecular formula is C11H13N3O. The van der Waals surface area contributed by atoms with Gasteiger partial charge in [-0.3, -0.25) is 4.79 Å². The van der Waals surface area contributed by atoms with E-state index in [1.54, 1.807) is 10.7 Å². The number of ketones is 1. The average molecular weight is 203 g/mol. The molecular weight excluding hydrogens is 190 g/mol. The molecule has 0 atom stereocenters. The fourth-order valence-corrected chi connectivity index (χ4v) is 1.52. The highest BCUT2D eigenvalue weighted by Gasteiger charge is 2.12. The number of fused-ring (bicyclic) bond motifs is 1. The lowest BCUT2D eigenvalue weighted by molar-refractivity contribution is 0.0939. The molecule has 15 heavy (non-hydrogen) atoms. The summed E-state index contributed by atoms with van der Waals surface area (Å²) in [6.45, 7) is 3.79. The molecule has 0 aliphatic heterocycles. The zero-order valence-electron chi connectivity index (χ0n) is 9.06. The van der Waals surface area contributed by atoms with Gasteiger partial charge < -0.3 is 0 Å². The maximum atomic E-state index is 11.8. The van der Waals surface area contributed by atoms with E-state index in [1.165, 1.54) is 0 Å². The van der Waals surface area contributed by atoms with Crippen LogP contribution in [0.4, 0.5) is 0 Å². The van der Waals surface area contributed by atoms with Gasteiger partial charge in [0, 0.05) is 18.5 Å². The van der Waals surface area contributed by atoms with Crippen molar-refractivity contribution >= 4 is 16.8 Å². The van der Waals surface area contributed by atoms with Gasteiger partial charge in [-0.25, -0.2) is 4.68 Å². The summed E-state index contributed by atoms with van der Waals surface area (Å²) >= 11 is 0. The van der Waals surface area contributed by atoms with E-state index in [1.807, 2.05) is 33.0 Å². The van der Waals surface area contributed by atoms with Crippen molar-refractivity contribution in [2.45, 2.75) is 13.8 Å². The molecule has 0 fully saturated rings. The van der Waals surface area contributed by atoms with Crippen LogP contribution in [0.25, 0.3) is 11.0 Å². The molecule has 78 valence electrons. The van der Waals surface area contributed by atoms with E-state index in [4.69, 9.17) is 0 Å². The third-order valence-corrected chi connectivity index (χ3v) is 2.42. The minimum absolute atomic E-state index is 0.0173. The van der Waals surface area contributed by atoms with Crippen molar-refractivity contribution in [2.24, 2.45) is 13.0 Å². The molecule has 0 aliphatic carbocycles. The van der Waals surface area contributed by atoms with E-state index in [0.29, 0.717) is 0 Å². The number of carbonyl (C=O) groups excluding carboxylic acids is 1. The molecule has 4 nitrogen and oxygen atoms in total. The van der Waals surface area contributed by atoms with E-state index >= 15 is 0 Å². The normalized spacial score (nSPS) is 11.2. The number of hydrogen-bond donors (Lipinski definition) is 0. The quantitative estimate of drug-likeness (QED) is 0.699. The lowest BCUT2D eigenvalue weighted by Gasteiger charge is -2.03. The lowest BCUT2D eigenvalue weighted by Crippen LogP contribution is -2.07. The first kappa shape index (κ1) is 9.83. The van der Waals surface area contributed by atoms with E-state index in [2.05, 4.69) is 10.3 Å². The van der Waals surface area contributed by atoms with Crippen LogP contribution < -0.4 is 0 Å². The minimum atomic E-state index is 0.0173. The molecule has 1 aromatic carbocycles. The molecule has 0 radical (unpaired) electrons. The van der Waals surface area contributed by atoms with Crippen LogP contribution in [0.2, 0.25) is 0 Å². The van der Waals surface area contributed by atoms with Gasteiger partial charge in [-0.2, -0.15) is 0 Å². The zero-order chi connectivity index (χ0) is 11.0. The topological polar surface area (TPSA) is 47.8 Å². The van der Waals surface area contributed by atoms with Gasteiger partial charge in [-0.05, 0) is 18.2 Å². The van der Waals surface area contributed by atoms with Crippen LogP contribution in [0.1, 0.15) is 24.2 Å². The van der Waals surface area contributed by atoms with Gasteiger partial charge in [0.15, 0.2) is 5.78 Å². The first-order chi connectivity index (χ1) is 7.09. The van der Waals surface area contributed by atoms with E-state index in [9.17, 15) is 4.79 Å². The predicted molar refractivity (Wildman–Crippen MR) is 57.7 cm³/mol. The van der Waals surface area contributed by atoms with Crippen molar-refractivity contribution in [3.8, 4) is 0 Å². The second-order valence-corrected chi connectivity index (χ2v) is 3.94. The van der Waals surface area contributed by atoms with Crippen LogP contribution >= 0.6 is 0 Å². The van der Waals surface area contributed by atoms with Crippen molar-refractivity contribution in [1.82, 2.24) is 15.0 Å². The Balaban J connectivity index is 2.55. The maximum absolute atomic E-state index is 11.8. The Morgan fingerprint density at radius 1 is 1.40 bits per heavy atom. The zero-order valence-corrected chi connectivity index (χ0v) is 9.06. The summed E-state index contributed by atoms with van der Waals surface area (Å²) in [5, 5.41) is 7.86. The van der Waals surface area contributed by atoms with Crippen LogP contribution in [0, 0.1) is 5.92 Å². The number of nitrogens with zero attached hydrogens (tertiary/aromatic N) is 3. The molecule has 0 amide bonds. The van der Waals surface area contributed by atoms with Crippen LogP contribution in [0.5, 0.6) is 0 Å². The molecule has 1 heterocycles. The highest BCUT2D eigenvalue weighted by Crippen LogP contribution is 2.15. The van der Waals surface area contributed by atoms with Gasteiger partial charge in [-0.1, -0.05) is 19.1 Å². The number of benzene rings is 1. The smallest absolute Gasteiger partial charge is 0.165 e. The van der Waals surface area contributed by atoms with Crippen molar-refractivity contribution in [1.29, 1.82) is 0 Å². The summed E-state index contributed by atoms with van der Waals surface area (Å²) in [5.74, 6) is 0.168. The van der Waals surface area contributed by atoms with Gasteiger partial charge in [-0.15, -0.1) is 5.10 Å². The summed E-state index contributed by atoms with van der Waals surface area (Å²) in [4.78, 5) is 11.8. The van der Waals surface area contributed by atoms with E-state index < -0.39 is 0 Å². The summed E-state index contributed by atoms with van der Waals surface area (Å²) in [7, 11) is 1.82. The predicted octanol–water partition coefficient (Wildman–Crippen LogP) is 1.81. The summed E-state index contributed by atoms with van der Waals surface area (Å²) in [6.07, 6.45) is 0. The Labute approximate surface area is 87.9 Å². The highest BCUT2D eigenvalue weighted by molar-refractivity contribution is 5.99. The Hall–Kier alpha value is -1.71.